The predicted molar refractivity (Wildman–Crippen MR) is 114 cm³/mol. The standard InChI is InChI=1S/C22H20N4OS/c1-13-8-9-16(10-14(13)2)17-11-28-22-18(17)21(24-12-25-22)26-19(20(23)27)15-6-4-3-5-7-15/h3-12,19H,1-2H3,(H2,23,27)(H,24,25,26). The van der Waals surface area contributed by atoms with Gasteiger partial charge in [0.05, 0.1) is 5.39 Å². The topological polar surface area (TPSA) is 80.9 Å². The van der Waals surface area contributed by atoms with Crippen LogP contribution in [0.25, 0.3) is 21.3 Å². The molecule has 0 saturated carbocycles. The van der Waals surface area contributed by atoms with Gasteiger partial charge in [-0.25, -0.2) is 9.97 Å². The number of primary amides is 1. The molecule has 0 bridgehead atoms. The second-order valence-corrected chi connectivity index (χ2v) is 7.60. The normalized spacial score (nSPS) is 12.1. The van der Waals surface area contributed by atoms with E-state index in [-0.39, 0.29) is 0 Å². The number of thiophene rings is 1. The quantitative estimate of drug-likeness (QED) is 0.523. The third-order valence-corrected chi connectivity index (χ3v) is 5.77. The highest BCUT2D eigenvalue weighted by molar-refractivity contribution is 7.17. The molecule has 1 amide bonds. The summed E-state index contributed by atoms with van der Waals surface area (Å²) in [4.78, 5) is 21.8. The number of rotatable bonds is 5. The van der Waals surface area contributed by atoms with Crippen molar-refractivity contribution < 1.29 is 4.79 Å². The lowest BCUT2D eigenvalue weighted by molar-refractivity contribution is -0.118. The molecule has 2 heterocycles. The third kappa shape index (κ3) is 3.34. The van der Waals surface area contributed by atoms with Gasteiger partial charge < -0.3 is 11.1 Å². The predicted octanol–water partition coefficient (Wildman–Crippen LogP) is 4.61. The van der Waals surface area contributed by atoms with Crippen LogP contribution in [-0.4, -0.2) is 15.9 Å². The van der Waals surface area contributed by atoms with Crippen LogP contribution in [0, 0.1) is 13.8 Å². The van der Waals surface area contributed by atoms with Crippen molar-refractivity contribution in [3.8, 4) is 11.1 Å². The molecule has 2 aromatic heterocycles. The Kier molecular flexibility index (Phi) is 4.79. The summed E-state index contributed by atoms with van der Waals surface area (Å²) in [6.07, 6.45) is 1.51. The molecule has 1 unspecified atom stereocenters. The number of amides is 1. The Hall–Kier alpha value is -3.25. The average molecular weight is 388 g/mol. The van der Waals surface area contributed by atoms with Crippen LogP contribution in [0.1, 0.15) is 22.7 Å². The Morgan fingerprint density at radius 1 is 1.07 bits per heavy atom. The second-order valence-electron chi connectivity index (χ2n) is 6.74. The van der Waals surface area contributed by atoms with Gasteiger partial charge in [-0.1, -0.05) is 48.5 Å². The summed E-state index contributed by atoms with van der Waals surface area (Å²) >= 11 is 1.56. The molecule has 0 aliphatic rings. The number of nitrogens with one attached hydrogen (secondary N) is 1. The molecule has 0 fully saturated rings. The van der Waals surface area contributed by atoms with E-state index in [0.717, 1.165) is 26.9 Å². The van der Waals surface area contributed by atoms with Gasteiger partial charge in [-0.05, 0) is 36.1 Å². The number of fused-ring (bicyclic) bond motifs is 1. The maximum absolute atomic E-state index is 12.1. The Balaban J connectivity index is 1.82. The minimum absolute atomic E-state index is 0.457. The fourth-order valence-electron chi connectivity index (χ4n) is 3.21. The van der Waals surface area contributed by atoms with Crippen LogP contribution in [0.2, 0.25) is 0 Å². The van der Waals surface area contributed by atoms with Gasteiger partial charge in [-0.3, -0.25) is 4.79 Å². The van der Waals surface area contributed by atoms with E-state index in [9.17, 15) is 4.79 Å². The Morgan fingerprint density at radius 2 is 1.86 bits per heavy atom. The van der Waals surface area contributed by atoms with E-state index in [1.165, 1.54) is 17.5 Å². The van der Waals surface area contributed by atoms with Gasteiger partial charge in [0.1, 0.15) is 23.0 Å². The van der Waals surface area contributed by atoms with Crippen molar-refractivity contribution in [3.05, 3.63) is 76.9 Å². The van der Waals surface area contributed by atoms with Crippen molar-refractivity contribution in [2.45, 2.75) is 19.9 Å². The number of carbonyl (C=O) groups excluding carboxylic acids is 1. The maximum Gasteiger partial charge on any atom is 0.244 e. The zero-order valence-corrected chi connectivity index (χ0v) is 16.5. The van der Waals surface area contributed by atoms with Gasteiger partial charge in [0.2, 0.25) is 5.91 Å². The summed E-state index contributed by atoms with van der Waals surface area (Å²) < 4.78 is 0. The van der Waals surface area contributed by atoms with Crippen molar-refractivity contribution in [1.82, 2.24) is 9.97 Å². The summed E-state index contributed by atoms with van der Waals surface area (Å²) in [6, 6.07) is 15.1. The molecule has 140 valence electrons. The molecule has 2 aromatic carbocycles. The second kappa shape index (κ2) is 7.40. The fourth-order valence-corrected chi connectivity index (χ4v) is 4.12. The summed E-state index contributed by atoms with van der Waals surface area (Å²) in [6.45, 7) is 4.19. The third-order valence-electron chi connectivity index (χ3n) is 4.89. The molecule has 5 nitrogen and oxygen atoms in total. The maximum atomic E-state index is 12.1. The van der Waals surface area contributed by atoms with Crippen LogP contribution in [0.15, 0.2) is 60.2 Å². The molecule has 0 aliphatic carbocycles. The molecule has 0 saturated heterocycles. The number of nitrogens with two attached hydrogens (primary N) is 1. The average Bonchev–Trinajstić information content (AvgIpc) is 3.13. The highest BCUT2D eigenvalue weighted by Crippen LogP contribution is 2.38. The zero-order valence-electron chi connectivity index (χ0n) is 15.6. The molecule has 28 heavy (non-hydrogen) atoms. The van der Waals surface area contributed by atoms with Crippen LogP contribution in [0.5, 0.6) is 0 Å². The number of aryl methyl sites for hydroxylation is 2. The van der Waals surface area contributed by atoms with Gasteiger partial charge in [0.15, 0.2) is 0 Å². The van der Waals surface area contributed by atoms with E-state index >= 15 is 0 Å². The fraction of sp³-hybridized carbons (Fsp3) is 0.136. The van der Waals surface area contributed by atoms with Crippen molar-refractivity contribution in [2.24, 2.45) is 5.73 Å². The highest BCUT2D eigenvalue weighted by Gasteiger charge is 2.21. The highest BCUT2D eigenvalue weighted by atomic mass is 32.1. The molecular weight excluding hydrogens is 368 g/mol. The number of hydrogen-bond donors (Lipinski definition) is 2. The molecule has 4 rings (SSSR count). The molecule has 0 radical (unpaired) electrons. The van der Waals surface area contributed by atoms with Crippen LogP contribution in [0.4, 0.5) is 5.82 Å². The van der Waals surface area contributed by atoms with E-state index in [2.05, 4.69) is 52.7 Å². The van der Waals surface area contributed by atoms with Crippen molar-refractivity contribution >= 4 is 33.3 Å². The monoisotopic (exact) mass is 388 g/mol. The smallest absolute Gasteiger partial charge is 0.244 e. The summed E-state index contributed by atoms with van der Waals surface area (Å²) in [5.74, 6) is 0.146. The Labute approximate surface area is 167 Å². The van der Waals surface area contributed by atoms with Crippen molar-refractivity contribution in [2.75, 3.05) is 5.32 Å². The molecule has 0 aliphatic heterocycles. The molecular formula is C22H20N4OS. The van der Waals surface area contributed by atoms with Gasteiger partial charge in [-0.15, -0.1) is 11.3 Å². The van der Waals surface area contributed by atoms with E-state index < -0.39 is 11.9 Å². The van der Waals surface area contributed by atoms with E-state index in [1.54, 1.807) is 11.3 Å². The largest absolute Gasteiger partial charge is 0.368 e. The van der Waals surface area contributed by atoms with Gasteiger partial charge in [0.25, 0.3) is 0 Å². The molecule has 0 spiro atoms. The first-order chi connectivity index (χ1) is 13.5. The summed E-state index contributed by atoms with van der Waals surface area (Å²) in [7, 11) is 0. The minimum atomic E-state index is -0.674. The number of carbonyl (C=O) groups is 1. The lowest BCUT2D eigenvalue weighted by atomic mass is 10.0. The van der Waals surface area contributed by atoms with E-state index in [1.807, 2.05) is 30.3 Å². The zero-order chi connectivity index (χ0) is 19.7. The Morgan fingerprint density at radius 3 is 2.57 bits per heavy atom. The first kappa shape index (κ1) is 18.1. The van der Waals surface area contributed by atoms with Crippen LogP contribution >= 0.6 is 11.3 Å². The van der Waals surface area contributed by atoms with E-state index in [4.69, 9.17) is 5.73 Å². The van der Waals surface area contributed by atoms with Crippen LogP contribution < -0.4 is 11.1 Å². The number of nitrogens with zero attached hydrogens (tertiary/aromatic N) is 2. The Bertz CT molecular complexity index is 1150. The van der Waals surface area contributed by atoms with Gasteiger partial charge >= 0.3 is 0 Å². The summed E-state index contributed by atoms with van der Waals surface area (Å²) in [5, 5.41) is 6.22. The number of anilines is 1. The molecule has 3 N–H and O–H groups in total. The summed E-state index contributed by atoms with van der Waals surface area (Å²) in [5.41, 5.74) is 11.1. The van der Waals surface area contributed by atoms with Gasteiger partial charge in [0, 0.05) is 10.9 Å². The lowest BCUT2D eigenvalue weighted by Gasteiger charge is -2.17. The SMILES string of the molecule is Cc1ccc(-c2csc3ncnc(NC(C(N)=O)c4ccccc4)c23)cc1C. The molecule has 4 aromatic rings. The number of aromatic nitrogens is 2. The van der Waals surface area contributed by atoms with Crippen LogP contribution in [0.3, 0.4) is 0 Å². The first-order valence-electron chi connectivity index (χ1n) is 8.95. The van der Waals surface area contributed by atoms with E-state index in [0.29, 0.717) is 5.82 Å². The number of hydrogen-bond acceptors (Lipinski definition) is 5. The minimum Gasteiger partial charge on any atom is -0.368 e. The van der Waals surface area contributed by atoms with Crippen molar-refractivity contribution in [1.29, 1.82) is 0 Å². The molecule has 6 heteroatoms. The molecule has 1 atom stereocenters. The number of benzene rings is 2. The van der Waals surface area contributed by atoms with Crippen LogP contribution in [-0.2, 0) is 4.79 Å². The van der Waals surface area contributed by atoms with Gasteiger partial charge in [-0.2, -0.15) is 0 Å². The van der Waals surface area contributed by atoms with Crippen molar-refractivity contribution in [3.63, 3.8) is 0 Å². The first-order valence-corrected chi connectivity index (χ1v) is 9.83. The lowest BCUT2D eigenvalue weighted by Crippen LogP contribution is -2.28.